The molecule has 3 heteroatoms. The molecule has 0 saturated heterocycles. The van der Waals surface area contributed by atoms with E-state index in [0.717, 1.165) is 17.0 Å². The minimum Gasteiger partial charge on any atom is -0.496 e. The van der Waals surface area contributed by atoms with E-state index < -0.39 is 0 Å². The first kappa shape index (κ1) is 9.86. The van der Waals surface area contributed by atoms with Gasteiger partial charge in [0, 0.05) is 25.4 Å². The molecule has 13 heavy (non-hydrogen) atoms. The first-order chi connectivity index (χ1) is 6.31. The Kier molecular flexibility index (Phi) is 3.58. The second-order valence-electron chi connectivity index (χ2n) is 2.71. The van der Waals surface area contributed by atoms with E-state index in [1.807, 2.05) is 25.2 Å². The molecule has 0 bridgehead atoms. The molecule has 0 aromatic heterocycles. The lowest BCUT2D eigenvalue weighted by atomic mass is 10.2. The minimum atomic E-state index is 0.568. The number of benzene rings is 1. The summed E-state index contributed by atoms with van der Waals surface area (Å²) >= 11 is 0. The maximum absolute atomic E-state index is 5.19. The Morgan fingerprint density at radius 2 is 2.08 bits per heavy atom. The molecule has 0 fully saturated rings. The average molecular weight is 181 g/mol. The molecule has 1 N–H and O–H groups in total. The number of rotatable bonds is 4. The van der Waals surface area contributed by atoms with Crippen molar-refractivity contribution in [2.45, 2.75) is 6.61 Å². The normalized spacial score (nSPS) is 9.77. The van der Waals surface area contributed by atoms with Crippen molar-refractivity contribution >= 4 is 5.69 Å². The highest BCUT2D eigenvalue weighted by atomic mass is 16.5. The van der Waals surface area contributed by atoms with Crippen LogP contribution in [0.25, 0.3) is 0 Å². The fourth-order valence-electron chi connectivity index (χ4n) is 1.20. The van der Waals surface area contributed by atoms with Crippen LogP contribution in [0.2, 0.25) is 0 Å². The number of hydrogen-bond acceptors (Lipinski definition) is 3. The first-order valence-corrected chi connectivity index (χ1v) is 4.15. The maximum Gasteiger partial charge on any atom is 0.124 e. The third-order valence-corrected chi connectivity index (χ3v) is 1.87. The van der Waals surface area contributed by atoms with Gasteiger partial charge in [0.1, 0.15) is 5.75 Å². The van der Waals surface area contributed by atoms with Crippen molar-refractivity contribution in [2.24, 2.45) is 0 Å². The van der Waals surface area contributed by atoms with E-state index in [0.29, 0.717) is 6.61 Å². The third kappa shape index (κ3) is 2.36. The molecule has 0 amide bonds. The summed E-state index contributed by atoms with van der Waals surface area (Å²) in [5, 5.41) is 3.07. The highest BCUT2D eigenvalue weighted by molar-refractivity contribution is 5.50. The van der Waals surface area contributed by atoms with Gasteiger partial charge in [-0.25, -0.2) is 0 Å². The number of nitrogens with one attached hydrogen (secondary N) is 1. The molecule has 1 rings (SSSR count). The second kappa shape index (κ2) is 4.72. The molecule has 0 atom stereocenters. The summed E-state index contributed by atoms with van der Waals surface area (Å²) in [6.07, 6.45) is 0. The third-order valence-electron chi connectivity index (χ3n) is 1.87. The van der Waals surface area contributed by atoms with Crippen molar-refractivity contribution in [3.8, 4) is 5.75 Å². The molecule has 1 aromatic rings. The molecular formula is C10H15NO2. The van der Waals surface area contributed by atoms with E-state index in [1.165, 1.54) is 0 Å². The summed E-state index contributed by atoms with van der Waals surface area (Å²) < 4.78 is 10.3. The van der Waals surface area contributed by atoms with Crippen molar-refractivity contribution in [2.75, 3.05) is 26.6 Å². The van der Waals surface area contributed by atoms with E-state index >= 15 is 0 Å². The maximum atomic E-state index is 5.19. The van der Waals surface area contributed by atoms with Gasteiger partial charge in [-0.15, -0.1) is 0 Å². The molecule has 0 spiro atoms. The largest absolute Gasteiger partial charge is 0.496 e. The van der Waals surface area contributed by atoms with Crippen molar-refractivity contribution in [1.29, 1.82) is 0 Å². The zero-order chi connectivity index (χ0) is 9.68. The minimum absolute atomic E-state index is 0.568. The first-order valence-electron chi connectivity index (χ1n) is 4.15. The van der Waals surface area contributed by atoms with Gasteiger partial charge in [-0.3, -0.25) is 0 Å². The van der Waals surface area contributed by atoms with Gasteiger partial charge in [0.2, 0.25) is 0 Å². The highest BCUT2D eigenvalue weighted by Gasteiger charge is 2.02. The molecule has 0 radical (unpaired) electrons. The summed E-state index contributed by atoms with van der Waals surface area (Å²) in [6.45, 7) is 0.568. The van der Waals surface area contributed by atoms with Gasteiger partial charge in [-0.1, -0.05) is 0 Å². The summed E-state index contributed by atoms with van der Waals surface area (Å²) in [4.78, 5) is 0. The summed E-state index contributed by atoms with van der Waals surface area (Å²) in [6, 6.07) is 5.92. The molecule has 0 unspecified atom stereocenters. The van der Waals surface area contributed by atoms with Crippen LogP contribution >= 0.6 is 0 Å². The lowest BCUT2D eigenvalue weighted by molar-refractivity contribution is 0.181. The van der Waals surface area contributed by atoms with Gasteiger partial charge in [0.25, 0.3) is 0 Å². The lowest BCUT2D eigenvalue weighted by Crippen LogP contribution is -1.96. The van der Waals surface area contributed by atoms with Crippen molar-refractivity contribution in [3.05, 3.63) is 23.8 Å². The zero-order valence-electron chi connectivity index (χ0n) is 8.26. The lowest BCUT2D eigenvalue weighted by Gasteiger charge is -2.09. The van der Waals surface area contributed by atoms with Crippen LogP contribution in [0.3, 0.4) is 0 Å². The van der Waals surface area contributed by atoms with Crippen LogP contribution in [0.5, 0.6) is 5.75 Å². The molecule has 1 aromatic carbocycles. The number of anilines is 1. The Balaban J connectivity index is 2.95. The quantitative estimate of drug-likeness (QED) is 0.769. The van der Waals surface area contributed by atoms with E-state index in [2.05, 4.69) is 5.32 Å². The Morgan fingerprint density at radius 1 is 1.31 bits per heavy atom. The van der Waals surface area contributed by atoms with Gasteiger partial charge < -0.3 is 14.8 Å². The van der Waals surface area contributed by atoms with Crippen LogP contribution in [0.4, 0.5) is 5.69 Å². The van der Waals surface area contributed by atoms with Gasteiger partial charge in [0.15, 0.2) is 0 Å². The van der Waals surface area contributed by atoms with Gasteiger partial charge in [-0.2, -0.15) is 0 Å². The smallest absolute Gasteiger partial charge is 0.124 e. The zero-order valence-corrected chi connectivity index (χ0v) is 8.26. The molecule has 72 valence electrons. The van der Waals surface area contributed by atoms with Crippen molar-refractivity contribution < 1.29 is 9.47 Å². The van der Waals surface area contributed by atoms with E-state index in [9.17, 15) is 0 Å². The Hall–Kier alpha value is -1.22. The van der Waals surface area contributed by atoms with E-state index in [1.54, 1.807) is 14.2 Å². The molecular weight excluding hydrogens is 166 g/mol. The van der Waals surface area contributed by atoms with Crippen LogP contribution in [-0.4, -0.2) is 21.3 Å². The highest BCUT2D eigenvalue weighted by Crippen LogP contribution is 2.22. The van der Waals surface area contributed by atoms with Gasteiger partial charge >= 0.3 is 0 Å². The van der Waals surface area contributed by atoms with Crippen LogP contribution in [0.15, 0.2) is 18.2 Å². The van der Waals surface area contributed by atoms with Gasteiger partial charge in [0.05, 0.1) is 13.7 Å². The van der Waals surface area contributed by atoms with Gasteiger partial charge in [-0.05, 0) is 18.2 Å². The number of hydrogen-bond donors (Lipinski definition) is 1. The molecule has 0 heterocycles. The van der Waals surface area contributed by atoms with Crippen molar-refractivity contribution in [3.63, 3.8) is 0 Å². The van der Waals surface area contributed by atoms with Crippen LogP contribution in [-0.2, 0) is 11.3 Å². The monoisotopic (exact) mass is 181 g/mol. The Bertz CT molecular complexity index is 274. The van der Waals surface area contributed by atoms with E-state index in [4.69, 9.17) is 9.47 Å². The summed E-state index contributed by atoms with van der Waals surface area (Å²) in [5.74, 6) is 0.862. The molecule has 0 aliphatic heterocycles. The van der Waals surface area contributed by atoms with E-state index in [-0.39, 0.29) is 0 Å². The predicted octanol–water partition coefficient (Wildman–Crippen LogP) is 1.88. The fraction of sp³-hybridized carbons (Fsp3) is 0.400. The van der Waals surface area contributed by atoms with Crippen LogP contribution in [0.1, 0.15) is 5.56 Å². The summed E-state index contributed by atoms with van der Waals surface area (Å²) in [7, 11) is 5.22. The fourth-order valence-corrected chi connectivity index (χ4v) is 1.20. The Labute approximate surface area is 78.7 Å². The average Bonchev–Trinajstić information content (AvgIpc) is 2.18. The summed E-state index contributed by atoms with van der Waals surface area (Å²) in [5.41, 5.74) is 2.12. The molecule has 0 saturated carbocycles. The molecule has 0 aliphatic carbocycles. The standard InChI is InChI=1S/C10H15NO2/c1-11-9-4-5-10(13-3)8(6-9)7-12-2/h4-6,11H,7H2,1-3H3. The van der Waals surface area contributed by atoms with Crippen LogP contribution in [0, 0.1) is 0 Å². The number of methoxy groups -OCH3 is 2. The Morgan fingerprint density at radius 3 is 2.62 bits per heavy atom. The SMILES string of the molecule is CNc1ccc(OC)c(COC)c1. The predicted molar refractivity (Wildman–Crippen MR) is 53.3 cm³/mol. The number of ether oxygens (including phenoxy) is 2. The van der Waals surface area contributed by atoms with Crippen molar-refractivity contribution in [1.82, 2.24) is 0 Å². The second-order valence-corrected chi connectivity index (χ2v) is 2.71. The molecule has 3 nitrogen and oxygen atoms in total. The topological polar surface area (TPSA) is 30.5 Å². The van der Waals surface area contributed by atoms with Crippen LogP contribution < -0.4 is 10.1 Å². The molecule has 0 aliphatic rings.